The lowest BCUT2D eigenvalue weighted by atomic mass is 10.2. The molecule has 1 aromatic heterocycles. The number of rotatable bonds is 7. The Kier molecular flexibility index (Phi) is 5.48. The van der Waals surface area contributed by atoms with Gasteiger partial charge in [-0.2, -0.15) is 4.98 Å². The Labute approximate surface area is 150 Å². The highest BCUT2D eigenvalue weighted by atomic mass is 16.5. The normalized spacial score (nSPS) is 10.4. The van der Waals surface area contributed by atoms with Crippen LogP contribution in [0.25, 0.3) is 11.5 Å². The van der Waals surface area contributed by atoms with Gasteiger partial charge in [0.2, 0.25) is 0 Å². The van der Waals surface area contributed by atoms with E-state index in [0.717, 1.165) is 5.56 Å². The molecule has 1 heterocycles. The average molecular weight is 353 g/mol. The predicted octanol–water partition coefficient (Wildman–Crippen LogP) is 3.46. The number of carbonyl (C=O) groups is 1. The van der Waals surface area contributed by atoms with Gasteiger partial charge in [-0.3, -0.25) is 4.79 Å². The summed E-state index contributed by atoms with van der Waals surface area (Å²) < 4.78 is 16.2. The molecule has 0 radical (unpaired) electrons. The maximum Gasteiger partial charge on any atom is 0.262 e. The lowest BCUT2D eigenvalue weighted by molar-refractivity contribution is -0.118. The van der Waals surface area contributed by atoms with Crippen LogP contribution >= 0.6 is 0 Å². The first-order valence-electron chi connectivity index (χ1n) is 8.21. The molecule has 1 N–H and O–H groups in total. The Balaban J connectivity index is 1.61. The number of hydrogen-bond donors (Lipinski definition) is 1. The predicted molar refractivity (Wildman–Crippen MR) is 96.2 cm³/mol. The molecule has 1 amide bonds. The number of nitrogens with zero attached hydrogens (tertiary/aromatic N) is 2. The van der Waals surface area contributed by atoms with E-state index in [9.17, 15) is 4.79 Å². The van der Waals surface area contributed by atoms with Gasteiger partial charge in [0.1, 0.15) is 11.5 Å². The Morgan fingerprint density at radius 3 is 2.77 bits per heavy atom. The van der Waals surface area contributed by atoms with Gasteiger partial charge in [-0.25, -0.2) is 0 Å². The van der Waals surface area contributed by atoms with Crippen LogP contribution in [0.5, 0.6) is 11.5 Å². The summed E-state index contributed by atoms with van der Waals surface area (Å²) in [6, 6.07) is 14.4. The van der Waals surface area contributed by atoms with Gasteiger partial charge in [-0.15, -0.1) is 0 Å². The van der Waals surface area contributed by atoms with Crippen LogP contribution in [0.2, 0.25) is 0 Å². The zero-order chi connectivity index (χ0) is 18.4. The number of carbonyl (C=O) groups excluding carboxylic acids is 1. The summed E-state index contributed by atoms with van der Waals surface area (Å²) in [5, 5.41) is 6.55. The quantitative estimate of drug-likeness (QED) is 0.700. The first-order chi connectivity index (χ1) is 12.7. The number of aryl methyl sites for hydroxylation is 1. The zero-order valence-corrected chi connectivity index (χ0v) is 14.6. The standard InChI is InChI=1S/C19H19N3O4/c1-3-24-17-10-5-4-9-16(17)21-18(23)12-25-15-8-6-7-14(11-15)19-20-13(2)22-26-19/h4-11H,3,12H2,1-2H3,(H,21,23). The number of anilines is 1. The Bertz CT molecular complexity index is 892. The fourth-order valence-corrected chi connectivity index (χ4v) is 2.32. The summed E-state index contributed by atoms with van der Waals surface area (Å²) in [5.74, 6) is 1.83. The molecule has 0 saturated heterocycles. The van der Waals surface area contributed by atoms with Gasteiger partial charge in [0.15, 0.2) is 12.4 Å². The number of para-hydroxylation sites is 2. The van der Waals surface area contributed by atoms with Crippen molar-refractivity contribution in [3.05, 3.63) is 54.4 Å². The average Bonchev–Trinajstić information content (AvgIpc) is 3.09. The van der Waals surface area contributed by atoms with E-state index in [-0.39, 0.29) is 12.5 Å². The molecule has 134 valence electrons. The lowest BCUT2D eigenvalue weighted by Crippen LogP contribution is -2.20. The van der Waals surface area contributed by atoms with Crippen LogP contribution in [-0.4, -0.2) is 29.3 Å². The smallest absolute Gasteiger partial charge is 0.262 e. The fraction of sp³-hybridized carbons (Fsp3) is 0.211. The summed E-state index contributed by atoms with van der Waals surface area (Å²) in [6.07, 6.45) is 0. The highest BCUT2D eigenvalue weighted by Crippen LogP contribution is 2.24. The van der Waals surface area contributed by atoms with Crippen LogP contribution in [0.4, 0.5) is 5.69 Å². The van der Waals surface area contributed by atoms with Gasteiger partial charge in [-0.05, 0) is 44.2 Å². The lowest BCUT2D eigenvalue weighted by Gasteiger charge is -2.12. The van der Waals surface area contributed by atoms with Crippen LogP contribution in [0.15, 0.2) is 53.1 Å². The van der Waals surface area contributed by atoms with Crippen molar-refractivity contribution in [2.75, 3.05) is 18.5 Å². The number of nitrogens with one attached hydrogen (secondary N) is 1. The molecular weight excluding hydrogens is 334 g/mol. The summed E-state index contributed by atoms with van der Waals surface area (Å²) in [4.78, 5) is 16.3. The summed E-state index contributed by atoms with van der Waals surface area (Å²) in [5.41, 5.74) is 1.34. The molecule has 0 saturated carbocycles. The SMILES string of the molecule is CCOc1ccccc1NC(=O)COc1cccc(-c2nc(C)no2)c1. The molecule has 0 bridgehead atoms. The largest absolute Gasteiger partial charge is 0.492 e. The third kappa shape index (κ3) is 4.38. The maximum absolute atomic E-state index is 12.2. The van der Waals surface area contributed by atoms with Crippen molar-refractivity contribution < 1.29 is 18.8 Å². The van der Waals surface area contributed by atoms with E-state index in [2.05, 4.69) is 15.5 Å². The van der Waals surface area contributed by atoms with E-state index in [0.29, 0.717) is 35.5 Å². The molecule has 0 aliphatic rings. The number of hydrogen-bond acceptors (Lipinski definition) is 6. The van der Waals surface area contributed by atoms with Gasteiger partial charge >= 0.3 is 0 Å². The molecular formula is C19H19N3O4. The molecule has 26 heavy (non-hydrogen) atoms. The molecule has 0 unspecified atom stereocenters. The molecule has 2 aromatic carbocycles. The van der Waals surface area contributed by atoms with Crippen molar-refractivity contribution in [2.24, 2.45) is 0 Å². The zero-order valence-electron chi connectivity index (χ0n) is 14.6. The van der Waals surface area contributed by atoms with E-state index < -0.39 is 0 Å². The van der Waals surface area contributed by atoms with Crippen LogP contribution < -0.4 is 14.8 Å². The molecule has 0 aliphatic heterocycles. The third-order valence-corrected chi connectivity index (χ3v) is 3.44. The van der Waals surface area contributed by atoms with Crippen molar-refractivity contribution in [1.29, 1.82) is 0 Å². The third-order valence-electron chi connectivity index (χ3n) is 3.44. The van der Waals surface area contributed by atoms with Crippen molar-refractivity contribution in [3.63, 3.8) is 0 Å². The monoisotopic (exact) mass is 353 g/mol. The first kappa shape index (κ1) is 17.5. The van der Waals surface area contributed by atoms with Gasteiger partial charge in [0, 0.05) is 5.56 Å². The van der Waals surface area contributed by atoms with E-state index in [1.54, 1.807) is 37.3 Å². The van der Waals surface area contributed by atoms with Crippen LogP contribution in [-0.2, 0) is 4.79 Å². The molecule has 3 aromatic rings. The maximum atomic E-state index is 12.2. The number of benzene rings is 2. The molecule has 0 aliphatic carbocycles. The summed E-state index contributed by atoms with van der Waals surface area (Å²) in [7, 11) is 0. The van der Waals surface area contributed by atoms with Gasteiger partial charge in [0.25, 0.3) is 11.8 Å². The minimum Gasteiger partial charge on any atom is -0.492 e. The van der Waals surface area contributed by atoms with E-state index in [1.807, 2.05) is 25.1 Å². The van der Waals surface area contributed by atoms with Crippen molar-refractivity contribution in [2.45, 2.75) is 13.8 Å². The Morgan fingerprint density at radius 2 is 2.00 bits per heavy atom. The molecule has 7 nitrogen and oxygen atoms in total. The molecule has 0 spiro atoms. The fourth-order valence-electron chi connectivity index (χ4n) is 2.32. The highest BCUT2D eigenvalue weighted by Gasteiger charge is 2.10. The van der Waals surface area contributed by atoms with Crippen molar-refractivity contribution >= 4 is 11.6 Å². The summed E-state index contributed by atoms with van der Waals surface area (Å²) >= 11 is 0. The molecule has 3 rings (SSSR count). The topological polar surface area (TPSA) is 86.5 Å². The van der Waals surface area contributed by atoms with Crippen LogP contribution in [0.1, 0.15) is 12.7 Å². The molecule has 0 atom stereocenters. The van der Waals surface area contributed by atoms with Gasteiger partial charge in [0.05, 0.1) is 12.3 Å². The number of amides is 1. The minimum atomic E-state index is -0.281. The summed E-state index contributed by atoms with van der Waals surface area (Å²) in [6.45, 7) is 4.02. The van der Waals surface area contributed by atoms with E-state index in [1.165, 1.54) is 0 Å². The number of ether oxygens (including phenoxy) is 2. The van der Waals surface area contributed by atoms with Crippen LogP contribution in [0, 0.1) is 6.92 Å². The Hall–Kier alpha value is -3.35. The van der Waals surface area contributed by atoms with Gasteiger partial charge < -0.3 is 19.3 Å². The minimum absolute atomic E-state index is 0.132. The van der Waals surface area contributed by atoms with Gasteiger partial charge in [-0.1, -0.05) is 23.4 Å². The molecule has 7 heteroatoms. The van der Waals surface area contributed by atoms with E-state index in [4.69, 9.17) is 14.0 Å². The van der Waals surface area contributed by atoms with Crippen LogP contribution in [0.3, 0.4) is 0 Å². The highest BCUT2D eigenvalue weighted by molar-refractivity contribution is 5.93. The first-order valence-corrected chi connectivity index (χ1v) is 8.21. The molecule has 0 fully saturated rings. The Morgan fingerprint density at radius 1 is 1.15 bits per heavy atom. The second-order valence-corrected chi connectivity index (χ2v) is 5.44. The number of aromatic nitrogens is 2. The van der Waals surface area contributed by atoms with Crippen molar-refractivity contribution in [3.8, 4) is 23.0 Å². The van der Waals surface area contributed by atoms with Crippen molar-refractivity contribution in [1.82, 2.24) is 10.1 Å². The second-order valence-electron chi connectivity index (χ2n) is 5.44. The second kappa shape index (κ2) is 8.15. The van der Waals surface area contributed by atoms with E-state index >= 15 is 0 Å².